The summed E-state index contributed by atoms with van der Waals surface area (Å²) in [5.41, 5.74) is 8.46. The lowest BCUT2D eigenvalue weighted by atomic mass is 9.97. The molecule has 3 rings (SSSR count). The summed E-state index contributed by atoms with van der Waals surface area (Å²) in [4.78, 5) is 77.7. The molecule has 2 aromatic carbocycles. The van der Waals surface area contributed by atoms with E-state index in [9.17, 15) is 28.8 Å². The third-order valence-electron chi connectivity index (χ3n) is 11.5. The molecule has 4 atom stereocenters. The van der Waals surface area contributed by atoms with Crippen molar-refractivity contribution < 1.29 is 43.0 Å². The molecule has 0 aliphatic heterocycles. The van der Waals surface area contributed by atoms with Crippen molar-refractivity contribution >= 4 is 35.8 Å². The summed E-state index contributed by atoms with van der Waals surface area (Å²) >= 11 is 0. The number of nitrogens with two attached hydrogens (primary N) is 1. The zero-order valence-electron chi connectivity index (χ0n) is 40.8. The molecule has 15 heteroatoms. The normalized spacial score (nSPS) is 14.6. The number of unbranched alkanes of at least 4 members (excludes halogenated alkanes) is 5. The van der Waals surface area contributed by atoms with Gasteiger partial charge in [0.15, 0.2) is 0 Å². The van der Waals surface area contributed by atoms with Gasteiger partial charge >= 0.3 is 23.9 Å². The van der Waals surface area contributed by atoms with Gasteiger partial charge in [0.1, 0.15) is 18.2 Å². The van der Waals surface area contributed by atoms with Crippen molar-refractivity contribution in [2.75, 3.05) is 32.8 Å². The first-order valence-electron chi connectivity index (χ1n) is 25.0. The highest BCUT2D eigenvalue weighted by molar-refractivity contribution is 5.87. The lowest BCUT2D eigenvalue weighted by molar-refractivity contribution is -0.153. The van der Waals surface area contributed by atoms with E-state index in [0.717, 1.165) is 81.9 Å². The molecule has 1 saturated carbocycles. The molecule has 0 spiro atoms. The number of nitrogens with one attached hydrogen (secondary N) is 5. The maximum absolute atomic E-state index is 13.4. The molecule has 2 aromatic rings. The van der Waals surface area contributed by atoms with Gasteiger partial charge in [-0.3, -0.25) is 14.4 Å². The minimum Gasteiger partial charge on any atom is -0.465 e. The predicted molar refractivity (Wildman–Crippen MR) is 261 cm³/mol. The molecule has 1 aliphatic rings. The zero-order chi connectivity index (χ0) is 48.7. The fourth-order valence-corrected chi connectivity index (χ4v) is 7.70. The number of amides is 4. The third kappa shape index (κ3) is 26.2. The summed E-state index contributed by atoms with van der Waals surface area (Å²) in [6.07, 6.45) is 12.0. The van der Waals surface area contributed by atoms with Crippen molar-refractivity contribution in [1.29, 1.82) is 0 Å². The van der Waals surface area contributed by atoms with E-state index in [1.165, 1.54) is 0 Å². The van der Waals surface area contributed by atoms with Crippen LogP contribution in [0.5, 0.6) is 0 Å². The second-order valence-corrected chi connectivity index (χ2v) is 18.8. The van der Waals surface area contributed by atoms with E-state index >= 15 is 0 Å². The average Bonchev–Trinajstić information content (AvgIpc) is 3.31. The summed E-state index contributed by atoms with van der Waals surface area (Å²) in [5, 5.41) is 15.0. The first kappa shape index (κ1) is 56.3. The average molecular weight is 935 g/mol. The molecule has 0 radical (unpaired) electrons. The van der Waals surface area contributed by atoms with E-state index in [-0.39, 0.29) is 68.3 Å². The van der Waals surface area contributed by atoms with Crippen LogP contribution in [0.15, 0.2) is 60.7 Å². The minimum absolute atomic E-state index is 0.0223. The van der Waals surface area contributed by atoms with E-state index in [1.807, 2.05) is 76.2 Å². The third-order valence-corrected chi connectivity index (χ3v) is 11.5. The summed E-state index contributed by atoms with van der Waals surface area (Å²) in [6.45, 7) is 9.91. The number of hydrogen-bond donors (Lipinski definition) is 6. The van der Waals surface area contributed by atoms with Crippen LogP contribution in [0.3, 0.4) is 0 Å². The Bertz CT molecular complexity index is 1720. The highest BCUT2D eigenvalue weighted by atomic mass is 16.5. The van der Waals surface area contributed by atoms with Gasteiger partial charge in [0.05, 0.1) is 19.3 Å². The van der Waals surface area contributed by atoms with E-state index in [0.29, 0.717) is 45.2 Å². The Hall–Kier alpha value is -5.02. The van der Waals surface area contributed by atoms with E-state index < -0.39 is 42.1 Å². The molecule has 0 aromatic heterocycles. The van der Waals surface area contributed by atoms with Gasteiger partial charge in [0, 0.05) is 32.0 Å². The summed E-state index contributed by atoms with van der Waals surface area (Å²) in [5.74, 6) is -1.64. The Kier molecular flexibility index (Phi) is 28.1. The summed E-state index contributed by atoms with van der Waals surface area (Å²) < 4.78 is 16.5. The molecule has 7 N–H and O–H groups in total. The van der Waals surface area contributed by atoms with Crippen LogP contribution in [-0.4, -0.2) is 98.9 Å². The number of rotatable bonds is 33. The fourth-order valence-electron chi connectivity index (χ4n) is 7.70. The molecule has 0 unspecified atom stereocenters. The Balaban J connectivity index is 1.36. The number of esters is 3. The highest BCUT2D eigenvalue weighted by Crippen LogP contribution is 2.21. The molecule has 67 heavy (non-hydrogen) atoms. The smallest absolute Gasteiger partial charge is 0.328 e. The van der Waals surface area contributed by atoms with Gasteiger partial charge in [0.2, 0.25) is 11.8 Å². The quantitative estimate of drug-likeness (QED) is 0.0255. The molecule has 1 aliphatic carbocycles. The number of urea groups is 1. The predicted octanol–water partition coefficient (Wildman–Crippen LogP) is 6.59. The van der Waals surface area contributed by atoms with Crippen LogP contribution >= 0.6 is 0 Å². The van der Waals surface area contributed by atoms with Gasteiger partial charge in [-0.05, 0) is 107 Å². The van der Waals surface area contributed by atoms with Crippen LogP contribution in [0.25, 0.3) is 0 Å². The topological polar surface area (TPSA) is 216 Å². The maximum atomic E-state index is 13.4. The first-order chi connectivity index (χ1) is 32.3. The summed E-state index contributed by atoms with van der Waals surface area (Å²) in [7, 11) is 0. The summed E-state index contributed by atoms with van der Waals surface area (Å²) in [6, 6.07) is 16.3. The van der Waals surface area contributed by atoms with Crippen molar-refractivity contribution in [3.8, 4) is 0 Å². The minimum atomic E-state index is -1.13. The van der Waals surface area contributed by atoms with Crippen LogP contribution in [0.2, 0.25) is 0 Å². The van der Waals surface area contributed by atoms with Gasteiger partial charge in [-0.2, -0.15) is 0 Å². The number of carbonyl (C=O) groups excluding carboxylic acids is 6. The van der Waals surface area contributed by atoms with Crippen molar-refractivity contribution in [2.24, 2.45) is 17.6 Å². The molecule has 0 bridgehead atoms. The maximum Gasteiger partial charge on any atom is 0.328 e. The fraction of sp³-hybridized carbons (Fsp3) is 0.654. The van der Waals surface area contributed by atoms with Crippen LogP contribution in [0.1, 0.15) is 142 Å². The standard InChI is InChI=1S/C52H82N6O9/c1-38(2)36-65-48(60)30-29-46(50(62)66-37-39(3)4)58-52(64)57-45(51(63)67-43-25-15-10-16-26-43)27-18-20-32-55-47(59)28-17-6-5-7-19-31-54-35-42(33-40-21-11-8-12-22-40)56-49(61)44(53)34-41-23-13-9-14-24-41/h8-9,11-14,21-24,38-39,42-46,54H,5-7,10,15-20,25-37,53H2,1-4H3,(H,55,59)(H,56,61)(H2,57,58,64)/t42-,44-,45+,46+/m1/s1. The lowest BCUT2D eigenvalue weighted by Crippen LogP contribution is -2.52. The number of carbonyl (C=O) groups is 6. The van der Waals surface area contributed by atoms with Crippen molar-refractivity contribution in [3.05, 3.63) is 71.8 Å². The Morgan fingerprint density at radius 2 is 1.21 bits per heavy atom. The largest absolute Gasteiger partial charge is 0.465 e. The van der Waals surface area contributed by atoms with Gasteiger partial charge in [-0.25, -0.2) is 14.4 Å². The second kappa shape index (κ2) is 33.5. The van der Waals surface area contributed by atoms with Crippen LogP contribution in [0.4, 0.5) is 4.79 Å². The van der Waals surface area contributed by atoms with Gasteiger partial charge in [-0.1, -0.05) is 114 Å². The number of benzene rings is 2. The van der Waals surface area contributed by atoms with Crippen molar-refractivity contribution in [3.63, 3.8) is 0 Å². The number of hydrogen-bond acceptors (Lipinski definition) is 11. The van der Waals surface area contributed by atoms with E-state index in [4.69, 9.17) is 19.9 Å². The van der Waals surface area contributed by atoms with Crippen LogP contribution < -0.4 is 32.3 Å². The molecule has 0 saturated heterocycles. The van der Waals surface area contributed by atoms with Crippen molar-refractivity contribution in [2.45, 2.75) is 174 Å². The van der Waals surface area contributed by atoms with Crippen molar-refractivity contribution in [1.82, 2.24) is 26.6 Å². The number of ether oxygens (including phenoxy) is 3. The van der Waals surface area contributed by atoms with Gasteiger partial charge in [0.25, 0.3) is 0 Å². The van der Waals surface area contributed by atoms with E-state index in [2.05, 4.69) is 38.7 Å². The lowest BCUT2D eigenvalue weighted by Gasteiger charge is -2.26. The molecular formula is C52H82N6O9. The molecule has 374 valence electrons. The molecule has 1 fully saturated rings. The highest BCUT2D eigenvalue weighted by Gasteiger charge is 2.29. The second-order valence-electron chi connectivity index (χ2n) is 18.8. The Morgan fingerprint density at radius 1 is 0.627 bits per heavy atom. The monoisotopic (exact) mass is 935 g/mol. The van der Waals surface area contributed by atoms with Crippen LogP contribution in [0, 0.1) is 11.8 Å². The SMILES string of the molecule is CC(C)COC(=O)CC[C@H](NC(=O)N[C@@H](CCCCNC(=O)CCCCCCCNC[C@@H](Cc1ccccc1)NC(=O)[C@H](N)Cc1ccccc1)C(=O)OC1CCCCC1)C(=O)OCC(C)C. The zero-order valence-corrected chi connectivity index (χ0v) is 40.8. The van der Waals surface area contributed by atoms with Crippen LogP contribution in [-0.2, 0) is 51.0 Å². The van der Waals surface area contributed by atoms with E-state index in [1.54, 1.807) is 0 Å². The van der Waals surface area contributed by atoms with Gasteiger partial charge < -0.3 is 46.5 Å². The van der Waals surface area contributed by atoms with Gasteiger partial charge in [-0.15, -0.1) is 0 Å². The Morgan fingerprint density at radius 3 is 1.87 bits per heavy atom. The molecule has 4 amide bonds. The first-order valence-corrected chi connectivity index (χ1v) is 25.0. The molecular weight excluding hydrogens is 853 g/mol. The molecule has 15 nitrogen and oxygen atoms in total. The Labute approximate surface area is 399 Å². The molecule has 0 heterocycles.